The van der Waals surface area contributed by atoms with Crippen LogP contribution in [-0.2, 0) is 5.41 Å². The number of aromatic nitrogens is 1. The van der Waals surface area contributed by atoms with Crippen molar-refractivity contribution >= 4 is 68.3 Å². The van der Waals surface area contributed by atoms with Crippen LogP contribution in [0.25, 0.3) is 43.9 Å². The monoisotopic (exact) mass is 564 g/mol. The molecule has 0 fully saturated rings. The van der Waals surface area contributed by atoms with Crippen LogP contribution in [0.1, 0.15) is 25.1 Å². The maximum atomic E-state index is 2.76. The molecule has 0 spiro atoms. The van der Waals surface area contributed by atoms with Crippen molar-refractivity contribution < 1.29 is 0 Å². The molecule has 0 atom stereocenters. The largest absolute Gasteiger partial charge is 0.378 e. The fraction of sp³-hybridized carbons (Fsp3) is 0.0769. The SMILES string of the molecule is CC1(C)c2ccccc2-c2c1n1c3c(cccc23)-c2cc3ccccc3c3c2B1c1cccc2c1N3c1ccccc1S2. The second-order valence-corrected chi connectivity index (χ2v) is 14.0. The molecule has 0 saturated heterocycles. The summed E-state index contributed by atoms with van der Waals surface area (Å²) in [5.41, 5.74) is 16.4. The highest BCUT2D eigenvalue weighted by atomic mass is 32.2. The third-order valence-corrected chi connectivity index (χ3v) is 11.6. The van der Waals surface area contributed by atoms with Gasteiger partial charge in [-0.05, 0) is 57.3 Å². The molecule has 1 aliphatic carbocycles. The first-order valence-electron chi connectivity index (χ1n) is 15.2. The third-order valence-electron chi connectivity index (χ3n) is 10.5. The molecule has 0 amide bonds. The van der Waals surface area contributed by atoms with Crippen molar-refractivity contribution in [3.05, 3.63) is 127 Å². The van der Waals surface area contributed by atoms with E-state index in [4.69, 9.17) is 0 Å². The second kappa shape index (κ2) is 7.45. The maximum absolute atomic E-state index is 2.76. The standard InChI is InChI=1S/C39H25BN2S/c1-39(2)28-16-6-5-13-25(28)33-26-15-9-14-24-27-21-22-11-3-4-12-23(22)36-34(27)40(42(35(24)26)38(33)39)29-17-10-20-32-37(29)41(36)30-18-7-8-19-31(30)43-32/h3-21H,1-2H3. The van der Waals surface area contributed by atoms with Crippen LogP contribution < -0.4 is 15.8 Å². The number of nitrogens with zero attached hydrogens (tertiary/aromatic N) is 2. The zero-order valence-corrected chi connectivity index (χ0v) is 24.7. The molecule has 0 saturated carbocycles. The summed E-state index contributed by atoms with van der Waals surface area (Å²) in [7, 11) is 0. The molecular formula is C39H25BN2S. The lowest BCUT2D eigenvalue weighted by molar-refractivity contribution is 0.632. The molecule has 4 heteroatoms. The van der Waals surface area contributed by atoms with E-state index in [2.05, 4.69) is 138 Å². The molecule has 6 aromatic carbocycles. The van der Waals surface area contributed by atoms with E-state index < -0.39 is 0 Å². The summed E-state index contributed by atoms with van der Waals surface area (Å²) >= 11 is 1.91. The van der Waals surface area contributed by atoms with Gasteiger partial charge in [0.1, 0.15) is 0 Å². The van der Waals surface area contributed by atoms with E-state index in [9.17, 15) is 0 Å². The number of para-hydroxylation sites is 3. The van der Waals surface area contributed by atoms with Gasteiger partial charge in [-0.2, -0.15) is 0 Å². The number of hydrogen-bond donors (Lipinski definition) is 0. The maximum Gasteiger partial charge on any atom is 0.332 e. The molecule has 0 radical (unpaired) electrons. The van der Waals surface area contributed by atoms with Crippen molar-refractivity contribution in [2.75, 3.05) is 4.90 Å². The summed E-state index contributed by atoms with van der Waals surface area (Å²) in [6, 6.07) is 43.5. The van der Waals surface area contributed by atoms with Crippen LogP contribution in [0.2, 0.25) is 0 Å². The van der Waals surface area contributed by atoms with Gasteiger partial charge in [0, 0.05) is 48.3 Å². The number of benzene rings is 6. The zero-order valence-electron chi connectivity index (χ0n) is 23.8. The summed E-state index contributed by atoms with van der Waals surface area (Å²) in [6.07, 6.45) is 0. The lowest BCUT2D eigenvalue weighted by Crippen LogP contribution is -2.58. The molecule has 7 aromatic rings. The summed E-state index contributed by atoms with van der Waals surface area (Å²) in [5.74, 6) is 0. The van der Waals surface area contributed by atoms with Crippen LogP contribution >= 0.6 is 11.8 Å². The van der Waals surface area contributed by atoms with Gasteiger partial charge in [-0.25, -0.2) is 0 Å². The van der Waals surface area contributed by atoms with Crippen molar-refractivity contribution in [1.29, 1.82) is 0 Å². The van der Waals surface area contributed by atoms with Crippen LogP contribution in [0.4, 0.5) is 17.1 Å². The summed E-state index contributed by atoms with van der Waals surface area (Å²) < 4.78 is 2.76. The Morgan fingerprint density at radius 2 is 1.40 bits per heavy atom. The van der Waals surface area contributed by atoms with Crippen LogP contribution in [0.3, 0.4) is 0 Å². The lowest BCUT2D eigenvalue weighted by atomic mass is 9.44. The Labute approximate surface area is 254 Å². The molecule has 200 valence electrons. The number of anilines is 3. The molecule has 0 N–H and O–H groups in total. The van der Waals surface area contributed by atoms with Gasteiger partial charge in [0.05, 0.1) is 17.1 Å². The zero-order chi connectivity index (χ0) is 28.2. The second-order valence-electron chi connectivity index (χ2n) is 12.9. The molecule has 43 heavy (non-hydrogen) atoms. The summed E-state index contributed by atoms with van der Waals surface area (Å²) in [5, 5.41) is 3.98. The predicted molar refractivity (Wildman–Crippen MR) is 182 cm³/mol. The molecule has 2 nitrogen and oxygen atoms in total. The fourth-order valence-electron chi connectivity index (χ4n) is 8.89. The third kappa shape index (κ3) is 2.51. The van der Waals surface area contributed by atoms with Gasteiger partial charge in [0.2, 0.25) is 0 Å². The van der Waals surface area contributed by atoms with E-state index in [1.54, 1.807) is 0 Å². The number of fused-ring (bicyclic) bond motifs is 13. The smallest absolute Gasteiger partial charge is 0.332 e. The molecule has 11 rings (SSSR count). The van der Waals surface area contributed by atoms with Crippen molar-refractivity contribution in [1.82, 2.24) is 4.48 Å². The van der Waals surface area contributed by atoms with E-state index in [1.807, 2.05) is 11.8 Å². The average Bonchev–Trinajstić information content (AvgIpc) is 3.51. The van der Waals surface area contributed by atoms with Crippen LogP contribution in [-0.4, -0.2) is 11.3 Å². The Balaban J connectivity index is 1.38. The first kappa shape index (κ1) is 22.9. The highest BCUT2D eigenvalue weighted by Gasteiger charge is 2.50. The van der Waals surface area contributed by atoms with Gasteiger partial charge in [-0.1, -0.05) is 117 Å². The van der Waals surface area contributed by atoms with Gasteiger partial charge in [0.15, 0.2) is 0 Å². The minimum atomic E-state index is -0.121. The van der Waals surface area contributed by atoms with E-state index in [0.717, 1.165) is 0 Å². The van der Waals surface area contributed by atoms with E-state index in [1.165, 1.54) is 93.0 Å². The fourth-order valence-corrected chi connectivity index (χ4v) is 9.99. The summed E-state index contributed by atoms with van der Waals surface area (Å²) in [6.45, 7) is 4.94. The first-order valence-corrected chi connectivity index (χ1v) is 16.0. The molecule has 0 unspecified atom stereocenters. The summed E-state index contributed by atoms with van der Waals surface area (Å²) in [4.78, 5) is 5.24. The Bertz CT molecular complexity index is 2430. The van der Waals surface area contributed by atoms with Gasteiger partial charge in [-0.15, -0.1) is 0 Å². The highest BCUT2D eigenvalue weighted by Crippen LogP contribution is 2.58. The molecule has 4 heterocycles. The van der Waals surface area contributed by atoms with Crippen LogP contribution in [0.5, 0.6) is 0 Å². The van der Waals surface area contributed by atoms with Crippen molar-refractivity contribution in [2.24, 2.45) is 0 Å². The minimum absolute atomic E-state index is 0.0846. The average molecular weight is 565 g/mol. The molecular weight excluding hydrogens is 539 g/mol. The van der Waals surface area contributed by atoms with Crippen molar-refractivity contribution in [2.45, 2.75) is 29.1 Å². The Morgan fingerprint density at radius 3 is 2.35 bits per heavy atom. The van der Waals surface area contributed by atoms with Crippen molar-refractivity contribution in [3.8, 4) is 22.3 Å². The normalized spacial score (nSPS) is 15.7. The van der Waals surface area contributed by atoms with Gasteiger partial charge in [-0.3, -0.25) is 0 Å². The van der Waals surface area contributed by atoms with E-state index >= 15 is 0 Å². The minimum Gasteiger partial charge on any atom is -0.378 e. The van der Waals surface area contributed by atoms with E-state index in [-0.39, 0.29) is 12.3 Å². The quantitative estimate of drug-likeness (QED) is 0.170. The number of hydrogen-bond acceptors (Lipinski definition) is 2. The molecule has 0 bridgehead atoms. The van der Waals surface area contributed by atoms with Gasteiger partial charge in [0.25, 0.3) is 0 Å². The van der Waals surface area contributed by atoms with Gasteiger partial charge < -0.3 is 9.38 Å². The Kier molecular flexibility index (Phi) is 3.96. The molecule has 1 aromatic heterocycles. The lowest BCUT2D eigenvalue weighted by Gasteiger charge is -2.44. The van der Waals surface area contributed by atoms with E-state index in [0.29, 0.717) is 0 Å². The topological polar surface area (TPSA) is 8.17 Å². The van der Waals surface area contributed by atoms with Crippen LogP contribution in [0, 0.1) is 0 Å². The predicted octanol–water partition coefficient (Wildman–Crippen LogP) is 8.98. The van der Waals surface area contributed by atoms with Gasteiger partial charge >= 0.3 is 6.85 Å². The number of rotatable bonds is 0. The van der Waals surface area contributed by atoms with Crippen LogP contribution in [0.15, 0.2) is 125 Å². The van der Waals surface area contributed by atoms with Crippen molar-refractivity contribution in [3.63, 3.8) is 0 Å². The highest BCUT2D eigenvalue weighted by molar-refractivity contribution is 7.99. The molecule has 4 aliphatic rings. The Hall–Kier alpha value is -4.67. The molecule has 3 aliphatic heterocycles. The Morgan fingerprint density at radius 1 is 0.651 bits per heavy atom. The first-order chi connectivity index (χ1) is 21.1.